The van der Waals surface area contributed by atoms with E-state index >= 15 is 0 Å². The van der Waals surface area contributed by atoms with Gasteiger partial charge < -0.3 is 5.73 Å². The van der Waals surface area contributed by atoms with E-state index in [4.69, 9.17) is 5.73 Å². The Morgan fingerprint density at radius 3 is 2.50 bits per heavy atom. The van der Waals surface area contributed by atoms with Gasteiger partial charge in [-0.3, -0.25) is 4.79 Å². The van der Waals surface area contributed by atoms with Crippen LogP contribution in [0.2, 0.25) is 0 Å². The fraction of sp³-hybridized carbons (Fsp3) is 0.462. The van der Waals surface area contributed by atoms with Crippen molar-refractivity contribution >= 4 is 5.78 Å². The molecule has 2 nitrogen and oxygen atoms in total. The predicted octanol–water partition coefficient (Wildman–Crippen LogP) is 2.92. The number of halogens is 1. The fourth-order valence-electron chi connectivity index (χ4n) is 1.61. The number of benzene rings is 1. The summed E-state index contributed by atoms with van der Waals surface area (Å²) in [7, 11) is 0. The second kappa shape index (κ2) is 7.12. The zero-order valence-electron chi connectivity index (χ0n) is 9.42. The summed E-state index contributed by atoms with van der Waals surface area (Å²) >= 11 is 0. The van der Waals surface area contributed by atoms with Crippen LogP contribution in [0.1, 0.15) is 42.5 Å². The quantitative estimate of drug-likeness (QED) is 0.570. The van der Waals surface area contributed by atoms with E-state index in [1.165, 1.54) is 12.1 Å². The molecule has 3 heteroatoms. The van der Waals surface area contributed by atoms with E-state index in [0.717, 1.165) is 25.7 Å². The Morgan fingerprint density at radius 2 is 1.81 bits per heavy atom. The number of unbranched alkanes of at least 4 members (excludes halogenated alkanes) is 3. The van der Waals surface area contributed by atoms with Crippen LogP contribution in [0.5, 0.6) is 0 Å². The largest absolute Gasteiger partial charge is 0.330 e. The highest BCUT2D eigenvalue weighted by Crippen LogP contribution is 2.12. The zero-order valence-corrected chi connectivity index (χ0v) is 9.42. The second-order valence-corrected chi connectivity index (χ2v) is 3.86. The topological polar surface area (TPSA) is 43.1 Å². The Hall–Kier alpha value is -1.22. The van der Waals surface area contributed by atoms with E-state index in [1.807, 2.05) is 0 Å². The van der Waals surface area contributed by atoms with Gasteiger partial charge in [-0.05, 0) is 31.5 Å². The summed E-state index contributed by atoms with van der Waals surface area (Å²) in [5.41, 5.74) is 5.57. The first-order valence-corrected chi connectivity index (χ1v) is 5.73. The van der Waals surface area contributed by atoms with Crippen LogP contribution in [0.15, 0.2) is 24.3 Å². The molecule has 16 heavy (non-hydrogen) atoms. The number of carbonyl (C=O) groups excluding carboxylic acids is 1. The molecule has 0 fully saturated rings. The summed E-state index contributed by atoms with van der Waals surface area (Å²) in [6, 6.07) is 6.14. The number of Topliss-reactive ketones (excluding diaryl/α,β-unsaturated/α-hetero) is 1. The van der Waals surface area contributed by atoms with E-state index in [2.05, 4.69) is 0 Å². The standard InChI is InChI=1S/C13H18FNO/c14-12-8-5-4-7-11(12)13(16)9-3-1-2-6-10-15/h4-5,7-8H,1-3,6,9-10,15H2. The van der Waals surface area contributed by atoms with Crippen molar-refractivity contribution in [3.63, 3.8) is 0 Å². The van der Waals surface area contributed by atoms with Crippen LogP contribution in [0.25, 0.3) is 0 Å². The Kier molecular flexibility index (Phi) is 5.72. The van der Waals surface area contributed by atoms with Gasteiger partial charge >= 0.3 is 0 Å². The third-order valence-corrected chi connectivity index (χ3v) is 2.53. The van der Waals surface area contributed by atoms with Gasteiger partial charge in [0.1, 0.15) is 5.82 Å². The molecule has 0 aliphatic rings. The maximum Gasteiger partial charge on any atom is 0.165 e. The molecule has 0 saturated carbocycles. The minimum absolute atomic E-state index is 0.106. The van der Waals surface area contributed by atoms with E-state index < -0.39 is 5.82 Å². The van der Waals surface area contributed by atoms with Gasteiger partial charge in [-0.25, -0.2) is 4.39 Å². The molecule has 0 heterocycles. The lowest BCUT2D eigenvalue weighted by molar-refractivity contribution is 0.0975. The maximum absolute atomic E-state index is 13.2. The van der Waals surface area contributed by atoms with Crippen LogP contribution in [0, 0.1) is 5.82 Å². The minimum atomic E-state index is -0.422. The van der Waals surface area contributed by atoms with Gasteiger partial charge in [0.15, 0.2) is 5.78 Å². The van der Waals surface area contributed by atoms with Crippen molar-refractivity contribution in [2.75, 3.05) is 6.54 Å². The molecule has 0 unspecified atom stereocenters. The molecular formula is C13H18FNO. The van der Waals surface area contributed by atoms with Gasteiger partial charge in [-0.15, -0.1) is 0 Å². The van der Waals surface area contributed by atoms with E-state index in [-0.39, 0.29) is 11.3 Å². The Bertz CT molecular complexity index is 338. The van der Waals surface area contributed by atoms with Crippen molar-refractivity contribution in [2.45, 2.75) is 32.1 Å². The molecular weight excluding hydrogens is 205 g/mol. The van der Waals surface area contributed by atoms with Crippen molar-refractivity contribution in [3.05, 3.63) is 35.6 Å². The lowest BCUT2D eigenvalue weighted by Crippen LogP contribution is -2.02. The Balaban J connectivity index is 2.33. The zero-order chi connectivity index (χ0) is 11.8. The number of hydrogen-bond acceptors (Lipinski definition) is 2. The second-order valence-electron chi connectivity index (χ2n) is 3.86. The Morgan fingerprint density at radius 1 is 1.12 bits per heavy atom. The molecule has 0 spiro atoms. The molecule has 0 saturated heterocycles. The molecule has 88 valence electrons. The SMILES string of the molecule is NCCCCCCC(=O)c1ccccc1F. The molecule has 0 aromatic heterocycles. The first-order valence-electron chi connectivity index (χ1n) is 5.73. The molecule has 2 N–H and O–H groups in total. The summed E-state index contributed by atoms with van der Waals surface area (Å²) in [5.74, 6) is -0.527. The predicted molar refractivity (Wildman–Crippen MR) is 62.9 cm³/mol. The van der Waals surface area contributed by atoms with Crippen LogP contribution >= 0.6 is 0 Å². The molecule has 1 aromatic rings. The smallest absolute Gasteiger partial charge is 0.165 e. The number of nitrogens with two attached hydrogens (primary N) is 1. The van der Waals surface area contributed by atoms with E-state index in [0.29, 0.717) is 13.0 Å². The lowest BCUT2D eigenvalue weighted by atomic mass is 10.0. The summed E-state index contributed by atoms with van der Waals surface area (Å²) in [5, 5.41) is 0. The Labute approximate surface area is 95.7 Å². The number of hydrogen-bond donors (Lipinski definition) is 1. The highest BCUT2D eigenvalue weighted by molar-refractivity contribution is 5.96. The molecule has 0 atom stereocenters. The fourth-order valence-corrected chi connectivity index (χ4v) is 1.61. The van der Waals surface area contributed by atoms with Gasteiger partial charge in [-0.1, -0.05) is 25.0 Å². The summed E-state index contributed by atoms with van der Waals surface area (Å²) < 4.78 is 13.2. The lowest BCUT2D eigenvalue weighted by Gasteiger charge is -2.02. The molecule has 0 bridgehead atoms. The van der Waals surface area contributed by atoms with Crippen LogP contribution in [0.4, 0.5) is 4.39 Å². The first kappa shape index (κ1) is 12.8. The number of carbonyl (C=O) groups is 1. The normalized spacial score (nSPS) is 10.4. The highest BCUT2D eigenvalue weighted by Gasteiger charge is 2.09. The van der Waals surface area contributed by atoms with Gasteiger partial charge in [0.25, 0.3) is 0 Å². The maximum atomic E-state index is 13.2. The van der Waals surface area contributed by atoms with Crippen molar-refractivity contribution < 1.29 is 9.18 Å². The van der Waals surface area contributed by atoms with Crippen molar-refractivity contribution in [2.24, 2.45) is 5.73 Å². The van der Waals surface area contributed by atoms with Crippen LogP contribution < -0.4 is 5.73 Å². The van der Waals surface area contributed by atoms with Crippen LogP contribution in [-0.4, -0.2) is 12.3 Å². The molecule has 0 aliphatic carbocycles. The van der Waals surface area contributed by atoms with Gasteiger partial charge in [0.05, 0.1) is 5.56 Å². The summed E-state index contributed by atoms with van der Waals surface area (Å²) in [6.45, 7) is 0.696. The van der Waals surface area contributed by atoms with E-state index in [9.17, 15) is 9.18 Å². The molecule has 1 aromatic carbocycles. The van der Waals surface area contributed by atoms with Crippen molar-refractivity contribution in [3.8, 4) is 0 Å². The van der Waals surface area contributed by atoms with Crippen LogP contribution in [0.3, 0.4) is 0 Å². The molecule has 0 aliphatic heterocycles. The summed E-state index contributed by atoms with van der Waals surface area (Å²) in [6.07, 6.45) is 4.25. The first-order chi connectivity index (χ1) is 7.75. The third kappa shape index (κ3) is 4.11. The van der Waals surface area contributed by atoms with Crippen LogP contribution in [-0.2, 0) is 0 Å². The number of ketones is 1. The van der Waals surface area contributed by atoms with Gasteiger partial charge in [0.2, 0.25) is 0 Å². The third-order valence-electron chi connectivity index (χ3n) is 2.53. The highest BCUT2D eigenvalue weighted by atomic mass is 19.1. The monoisotopic (exact) mass is 223 g/mol. The summed E-state index contributed by atoms with van der Waals surface area (Å²) in [4.78, 5) is 11.6. The van der Waals surface area contributed by atoms with Crippen molar-refractivity contribution in [1.29, 1.82) is 0 Å². The van der Waals surface area contributed by atoms with Gasteiger partial charge in [-0.2, -0.15) is 0 Å². The van der Waals surface area contributed by atoms with E-state index in [1.54, 1.807) is 12.1 Å². The molecule has 0 radical (unpaired) electrons. The average molecular weight is 223 g/mol. The molecule has 0 amide bonds. The molecule has 1 rings (SSSR count). The van der Waals surface area contributed by atoms with Gasteiger partial charge in [0, 0.05) is 6.42 Å². The van der Waals surface area contributed by atoms with Crippen molar-refractivity contribution in [1.82, 2.24) is 0 Å². The minimum Gasteiger partial charge on any atom is -0.330 e. The average Bonchev–Trinajstić information content (AvgIpc) is 2.29. The number of rotatable bonds is 7.